The van der Waals surface area contributed by atoms with E-state index < -0.39 is 6.10 Å². The molecule has 0 spiro atoms. The maximum atomic E-state index is 10.3. The lowest BCUT2D eigenvalue weighted by atomic mass is 10.1. The summed E-state index contributed by atoms with van der Waals surface area (Å²) < 4.78 is 5.77. The zero-order valence-corrected chi connectivity index (χ0v) is 10.8. The lowest BCUT2D eigenvalue weighted by Gasteiger charge is -2.08. The number of aliphatic hydroxyl groups excluding tert-OH is 1. The molecule has 1 aliphatic carbocycles. The van der Waals surface area contributed by atoms with Crippen LogP contribution in [0.25, 0.3) is 0 Å². The first-order valence-electron chi connectivity index (χ1n) is 6.49. The molecule has 0 saturated heterocycles. The first-order valence-corrected chi connectivity index (χ1v) is 6.49. The Balaban J connectivity index is 1.81. The molecule has 1 saturated carbocycles. The molecule has 94 valence electrons. The number of hydrogen-bond donors (Lipinski definition) is 1. The van der Waals surface area contributed by atoms with Crippen molar-refractivity contribution in [1.82, 2.24) is 0 Å². The highest BCUT2D eigenvalue weighted by molar-refractivity contribution is 5.29. The van der Waals surface area contributed by atoms with Gasteiger partial charge in [0.05, 0.1) is 0 Å². The SMILES string of the molecule is Cc1ccc(C(O)c2ccc(C3CC3C)o2)cc1. The molecule has 0 amide bonds. The average molecular weight is 242 g/mol. The Morgan fingerprint density at radius 2 is 1.83 bits per heavy atom. The van der Waals surface area contributed by atoms with Gasteiger partial charge < -0.3 is 9.52 Å². The highest BCUT2D eigenvalue weighted by Crippen LogP contribution is 2.47. The van der Waals surface area contributed by atoms with Crippen molar-refractivity contribution in [2.45, 2.75) is 32.3 Å². The van der Waals surface area contributed by atoms with Gasteiger partial charge in [0.15, 0.2) is 0 Å². The van der Waals surface area contributed by atoms with Gasteiger partial charge in [0.2, 0.25) is 0 Å². The van der Waals surface area contributed by atoms with Gasteiger partial charge in [-0.05, 0) is 37.0 Å². The predicted molar refractivity (Wildman–Crippen MR) is 70.5 cm³/mol. The fraction of sp³-hybridized carbons (Fsp3) is 0.375. The van der Waals surface area contributed by atoms with E-state index >= 15 is 0 Å². The monoisotopic (exact) mass is 242 g/mol. The molecule has 3 unspecified atom stereocenters. The highest BCUT2D eigenvalue weighted by Gasteiger charge is 2.36. The van der Waals surface area contributed by atoms with Crippen LogP contribution in [0.4, 0.5) is 0 Å². The van der Waals surface area contributed by atoms with Gasteiger partial charge in [0.25, 0.3) is 0 Å². The second-order valence-electron chi connectivity index (χ2n) is 5.37. The minimum atomic E-state index is -0.659. The molecule has 2 aromatic rings. The van der Waals surface area contributed by atoms with Crippen LogP contribution < -0.4 is 0 Å². The molecule has 18 heavy (non-hydrogen) atoms. The Hall–Kier alpha value is -1.54. The van der Waals surface area contributed by atoms with Crippen molar-refractivity contribution >= 4 is 0 Å². The molecular formula is C16H18O2. The topological polar surface area (TPSA) is 33.4 Å². The van der Waals surface area contributed by atoms with Crippen molar-refractivity contribution in [3.05, 3.63) is 59.0 Å². The van der Waals surface area contributed by atoms with Crippen molar-refractivity contribution in [2.75, 3.05) is 0 Å². The van der Waals surface area contributed by atoms with E-state index in [0.717, 1.165) is 17.2 Å². The number of benzene rings is 1. The summed E-state index contributed by atoms with van der Waals surface area (Å²) in [6, 6.07) is 11.8. The Labute approximate surface area is 107 Å². The second kappa shape index (κ2) is 4.29. The molecule has 1 aliphatic rings. The average Bonchev–Trinajstić information content (AvgIpc) is 2.92. The molecule has 1 N–H and O–H groups in total. The molecule has 3 rings (SSSR count). The molecule has 1 heterocycles. The summed E-state index contributed by atoms with van der Waals surface area (Å²) in [6.45, 7) is 4.26. The second-order valence-corrected chi connectivity index (χ2v) is 5.37. The van der Waals surface area contributed by atoms with E-state index in [1.807, 2.05) is 43.3 Å². The standard InChI is InChI=1S/C16H18O2/c1-10-3-5-12(6-4-10)16(17)15-8-7-14(18-15)13-9-11(13)2/h3-8,11,13,16-17H,9H2,1-2H3. The zero-order chi connectivity index (χ0) is 12.7. The van der Waals surface area contributed by atoms with E-state index in [-0.39, 0.29) is 0 Å². The summed E-state index contributed by atoms with van der Waals surface area (Å²) in [4.78, 5) is 0. The molecule has 0 radical (unpaired) electrons. The molecule has 1 fully saturated rings. The Morgan fingerprint density at radius 1 is 1.17 bits per heavy atom. The highest BCUT2D eigenvalue weighted by atomic mass is 16.4. The third-order valence-corrected chi connectivity index (χ3v) is 3.79. The molecule has 3 atom stereocenters. The van der Waals surface area contributed by atoms with Gasteiger partial charge in [-0.15, -0.1) is 0 Å². The summed E-state index contributed by atoms with van der Waals surface area (Å²) >= 11 is 0. The van der Waals surface area contributed by atoms with Gasteiger partial charge in [0, 0.05) is 5.92 Å². The van der Waals surface area contributed by atoms with Crippen LogP contribution in [0.1, 0.15) is 48.0 Å². The lowest BCUT2D eigenvalue weighted by molar-refractivity contribution is 0.186. The summed E-state index contributed by atoms with van der Waals surface area (Å²) in [7, 11) is 0. The van der Waals surface area contributed by atoms with E-state index in [1.54, 1.807) is 0 Å². The molecule has 1 aromatic carbocycles. The smallest absolute Gasteiger partial charge is 0.137 e. The lowest BCUT2D eigenvalue weighted by Crippen LogP contribution is -1.97. The van der Waals surface area contributed by atoms with Gasteiger partial charge >= 0.3 is 0 Å². The number of hydrogen-bond acceptors (Lipinski definition) is 2. The van der Waals surface area contributed by atoms with Gasteiger partial charge in [-0.3, -0.25) is 0 Å². The van der Waals surface area contributed by atoms with Gasteiger partial charge in [-0.2, -0.15) is 0 Å². The zero-order valence-electron chi connectivity index (χ0n) is 10.8. The predicted octanol–water partition coefficient (Wildman–Crippen LogP) is 3.79. The fourth-order valence-corrected chi connectivity index (χ4v) is 2.35. The molecule has 1 aromatic heterocycles. The Kier molecular flexibility index (Phi) is 2.75. The first kappa shape index (κ1) is 11.5. The molecule has 2 nitrogen and oxygen atoms in total. The minimum absolute atomic E-state index is 0.559. The molecule has 0 bridgehead atoms. The van der Waals surface area contributed by atoms with Crippen molar-refractivity contribution in [2.24, 2.45) is 5.92 Å². The van der Waals surface area contributed by atoms with Crippen LogP contribution in [0.15, 0.2) is 40.8 Å². The normalized spacial score (nSPS) is 23.9. The fourth-order valence-electron chi connectivity index (χ4n) is 2.35. The first-order chi connectivity index (χ1) is 8.65. The third-order valence-electron chi connectivity index (χ3n) is 3.79. The van der Waals surface area contributed by atoms with Gasteiger partial charge in [-0.25, -0.2) is 0 Å². The van der Waals surface area contributed by atoms with E-state index in [9.17, 15) is 5.11 Å². The van der Waals surface area contributed by atoms with Crippen LogP contribution >= 0.6 is 0 Å². The van der Waals surface area contributed by atoms with Crippen molar-refractivity contribution < 1.29 is 9.52 Å². The van der Waals surface area contributed by atoms with Crippen LogP contribution in [-0.2, 0) is 0 Å². The number of aliphatic hydroxyl groups is 1. The number of rotatable bonds is 3. The Bertz CT molecular complexity index is 538. The molecule has 0 aliphatic heterocycles. The van der Waals surface area contributed by atoms with E-state index in [4.69, 9.17) is 4.42 Å². The summed E-state index contributed by atoms with van der Waals surface area (Å²) in [5, 5.41) is 10.3. The van der Waals surface area contributed by atoms with Crippen molar-refractivity contribution in [3.8, 4) is 0 Å². The van der Waals surface area contributed by atoms with Gasteiger partial charge in [0.1, 0.15) is 17.6 Å². The molecular weight excluding hydrogens is 224 g/mol. The van der Waals surface area contributed by atoms with Crippen LogP contribution in [-0.4, -0.2) is 5.11 Å². The van der Waals surface area contributed by atoms with Gasteiger partial charge in [-0.1, -0.05) is 36.8 Å². The van der Waals surface area contributed by atoms with E-state index in [1.165, 1.54) is 12.0 Å². The number of aryl methyl sites for hydroxylation is 1. The van der Waals surface area contributed by atoms with Crippen LogP contribution in [0, 0.1) is 12.8 Å². The van der Waals surface area contributed by atoms with Crippen LogP contribution in [0.3, 0.4) is 0 Å². The third kappa shape index (κ3) is 2.08. The summed E-state index contributed by atoms with van der Waals surface area (Å²) in [6.07, 6.45) is 0.543. The van der Waals surface area contributed by atoms with Crippen LogP contribution in [0.2, 0.25) is 0 Å². The molecule has 2 heteroatoms. The van der Waals surface area contributed by atoms with E-state index in [2.05, 4.69) is 6.92 Å². The maximum absolute atomic E-state index is 10.3. The van der Waals surface area contributed by atoms with E-state index in [0.29, 0.717) is 11.7 Å². The number of furan rings is 1. The largest absolute Gasteiger partial charge is 0.463 e. The Morgan fingerprint density at radius 3 is 2.44 bits per heavy atom. The summed E-state index contributed by atoms with van der Waals surface area (Å²) in [5.41, 5.74) is 2.07. The van der Waals surface area contributed by atoms with Crippen molar-refractivity contribution in [3.63, 3.8) is 0 Å². The van der Waals surface area contributed by atoms with Crippen LogP contribution in [0.5, 0.6) is 0 Å². The minimum Gasteiger partial charge on any atom is -0.463 e. The van der Waals surface area contributed by atoms with Crippen molar-refractivity contribution in [1.29, 1.82) is 0 Å². The maximum Gasteiger partial charge on any atom is 0.137 e. The quantitative estimate of drug-likeness (QED) is 0.888. The summed E-state index contributed by atoms with van der Waals surface area (Å²) in [5.74, 6) is 2.95.